The summed E-state index contributed by atoms with van der Waals surface area (Å²) in [5.74, 6) is 0.247. The zero-order chi connectivity index (χ0) is 23.2. The fraction of sp³-hybridized carbons (Fsp3) is 0.296. The molecule has 1 fully saturated rings. The van der Waals surface area contributed by atoms with Crippen molar-refractivity contribution in [1.82, 2.24) is 4.90 Å². The van der Waals surface area contributed by atoms with Gasteiger partial charge < -0.3 is 14.6 Å². The quantitative estimate of drug-likeness (QED) is 0.408. The van der Waals surface area contributed by atoms with E-state index >= 15 is 0 Å². The first kappa shape index (κ1) is 23.3. The number of piperidine rings is 1. The zero-order valence-electron chi connectivity index (χ0n) is 18.6. The first-order valence-corrected chi connectivity index (χ1v) is 11.9. The zero-order valence-corrected chi connectivity index (χ0v) is 20.2. The summed E-state index contributed by atoms with van der Waals surface area (Å²) in [6.45, 7) is 1.80. The lowest BCUT2D eigenvalue weighted by atomic mass is 9.91. The van der Waals surface area contributed by atoms with Gasteiger partial charge in [-0.25, -0.2) is 0 Å². The maximum Gasteiger partial charge on any atom is 0.307 e. The third-order valence-electron chi connectivity index (χ3n) is 6.11. The van der Waals surface area contributed by atoms with Gasteiger partial charge in [-0.15, -0.1) is 0 Å². The molecule has 1 aliphatic rings. The number of methoxy groups -OCH3 is 1. The van der Waals surface area contributed by atoms with Crippen molar-refractivity contribution in [3.63, 3.8) is 0 Å². The Morgan fingerprint density at radius 2 is 1.85 bits per heavy atom. The number of hydrogen-bond acceptors (Lipinski definition) is 4. The van der Waals surface area contributed by atoms with Gasteiger partial charge in [-0.2, -0.15) is 0 Å². The standard InChI is InChI=1S/C27H28BrNO4/c1-32-25-16-20(13-14-24(25)33-18-19-8-3-2-4-9-19)26(22-11-5-6-12-23(22)28)29-15-7-10-21(17-29)27(30)31/h2-6,8-9,11-14,16,21,26H,7,10,15,17-18H2,1H3,(H,30,31). The highest BCUT2D eigenvalue weighted by molar-refractivity contribution is 9.10. The highest BCUT2D eigenvalue weighted by Crippen LogP contribution is 2.39. The summed E-state index contributed by atoms with van der Waals surface area (Å²) in [7, 11) is 1.64. The van der Waals surface area contributed by atoms with E-state index in [0.717, 1.165) is 34.1 Å². The molecule has 5 nitrogen and oxygen atoms in total. The van der Waals surface area contributed by atoms with Crippen molar-refractivity contribution in [2.24, 2.45) is 5.92 Å². The minimum absolute atomic E-state index is 0.0974. The van der Waals surface area contributed by atoms with E-state index in [-0.39, 0.29) is 12.0 Å². The molecule has 2 atom stereocenters. The van der Waals surface area contributed by atoms with E-state index in [2.05, 4.69) is 33.0 Å². The first-order valence-electron chi connectivity index (χ1n) is 11.1. The average molecular weight is 510 g/mol. The Morgan fingerprint density at radius 3 is 2.58 bits per heavy atom. The number of benzene rings is 3. The molecular weight excluding hydrogens is 482 g/mol. The molecule has 6 heteroatoms. The summed E-state index contributed by atoms with van der Waals surface area (Å²) in [6.07, 6.45) is 1.57. The number of carboxylic acids is 1. The number of halogens is 1. The van der Waals surface area contributed by atoms with Gasteiger partial charge in [0.05, 0.1) is 19.1 Å². The molecule has 3 aromatic rings. The van der Waals surface area contributed by atoms with E-state index in [1.54, 1.807) is 7.11 Å². The molecule has 0 bridgehead atoms. The number of ether oxygens (including phenoxy) is 2. The highest BCUT2D eigenvalue weighted by Gasteiger charge is 2.32. The number of hydrogen-bond donors (Lipinski definition) is 1. The number of nitrogens with zero attached hydrogens (tertiary/aromatic N) is 1. The molecule has 0 aliphatic carbocycles. The molecule has 33 heavy (non-hydrogen) atoms. The maximum absolute atomic E-state index is 11.7. The van der Waals surface area contributed by atoms with Crippen LogP contribution in [0.25, 0.3) is 0 Å². The fourth-order valence-corrected chi connectivity index (χ4v) is 4.94. The number of rotatable bonds is 8. The lowest BCUT2D eigenvalue weighted by Crippen LogP contribution is -2.41. The van der Waals surface area contributed by atoms with Crippen molar-refractivity contribution < 1.29 is 19.4 Å². The number of aliphatic carboxylic acids is 1. The van der Waals surface area contributed by atoms with Gasteiger partial charge in [0, 0.05) is 11.0 Å². The molecule has 2 unspecified atom stereocenters. The molecule has 0 aromatic heterocycles. The van der Waals surface area contributed by atoms with Crippen LogP contribution in [0.4, 0.5) is 0 Å². The van der Waals surface area contributed by atoms with E-state index in [0.29, 0.717) is 31.1 Å². The molecule has 0 amide bonds. The molecular formula is C27H28BrNO4. The van der Waals surface area contributed by atoms with Crippen molar-refractivity contribution >= 4 is 21.9 Å². The number of likely N-dealkylation sites (tertiary alicyclic amines) is 1. The van der Waals surface area contributed by atoms with Gasteiger partial charge in [-0.1, -0.05) is 70.5 Å². The van der Waals surface area contributed by atoms with E-state index < -0.39 is 5.97 Å². The third kappa shape index (κ3) is 5.57. The molecule has 1 N–H and O–H groups in total. The minimum atomic E-state index is -0.729. The lowest BCUT2D eigenvalue weighted by molar-refractivity contribution is -0.143. The Balaban J connectivity index is 1.66. The van der Waals surface area contributed by atoms with Crippen LogP contribution in [0, 0.1) is 5.92 Å². The van der Waals surface area contributed by atoms with Crippen molar-refractivity contribution in [3.05, 3.63) is 94.0 Å². The highest BCUT2D eigenvalue weighted by atomic mass is 79.9. The van der Waals surface area contributed by atoms with Gasteiger partial charge in [-0.05, 0) is 54.3 Å². The molecule has 0 saturated carbocycles. The normalized spacial score (nSPS) is 17.3. The van der Waals surface area contributed by atoms with E-state index in [4.69, 9.17) is 9.47 Å². The fourth-order valence-electron chi connectivity index (χ4n) is 4.44. The minimum Gasteiger partial charge on any atom is -0.493 e. The number of carboxylic acid groups (broad SMARTS) is 1. The van der Waals surface area contributed by atoms with Gasteiger partial charge in [0.1, 0.15) is 6.61 Å². The maximum atomic E-state index is 11.7. The van der Waals surface area contributed by atoms with E-state index in [1.807, 2.05) is 60.7 Å². The Bertz CT molecular complexity index is 1090. The molecule has 1 aliphatic heterocycles. The van der Waals surface area contributed by atoms with Gasteiger partial charge in [0.2, 0.25) is 0 Å². The van der Waals surface area contributed by atoms with Gasteiger partial charge in [-0.3, -0.25) is 9.69 Å². The van der Waals surface area contributed by atoms with Crippen molar-refractivity contribution in [3.8, 4) is 11.5 Å². The second-order valence-corrected chi connectivity index (χ2v) is 9.14. The third-order valence-corrected chi connectivity index (χ3v) is 6.83. The van der Waals surface area contributed by atoms with E-state index in [9.17, 15) is 9.90 Å². The summed E-state index contributed by atoms with van der Waals surface area (Å²) in [5.41, 5.74) is 3.23. The van der Waals surface area contributed by atoms with Crippen LogP contribution in [0.5, 0.6) is 11.5 Å². The average Bonchev–Trinajstić information content (AvgIpc) is 2.85. The molecule has 4 rings (SSSR count). The SMILES string of the molecule is COc1cc(C(c2ccccc2Br)N2CCCC(C(=O)O)C2)ccc1OCc1ccccc1. The Kier molecular flexibility index (Phi) is 7.68. The molecule has 0 radical (unpaired) electrons. The van der Waals surface area contributed by atoms with Crippen LogP contribution in [0.3, 0.4) is 0 Å². The summed E-state index contributed by atoms with van der Waals surface area (Å²) in [4.78, 5) is 14.0. The first-order chi connectivity index (χ1) is 16.1. The van der Waals surface area contributed by atoms with Crippen LogP contribution in [-0.2, 0) is 11.4 Å². The van der Waals surface area contributed by atoms with Gasteiger partial charge >= 0.3 is 5.97 Å². The van der Waals surface area contributed by atoms with Crippen molar-refractivity contribution in [2.75, 3.05) is 20.2 Å². The predicted octanol–water partition coefficient (Wildman–Crippen LogP) is 5.92. The summed E-state index contributed by atoms with van der Waals surface area (Å²) in [6, 6.07) is 24.0. The summed E-state index contributed by atoms with van der Waals surface area (Å²) < 4.78 is 12.7. The summed E-state index contributed by atoms with van der Waals surface area (Å²) >= 11 is 3.71. The van der Waals surface area contributed by atoms with Crippen molar-refractivity contribution in [2.45, 2.75) is 25.5 Å². The molecule has 1 saturated heterocycles. The van der Waals surface area contributed by atoms with Gasteiger partial charge in [0.15, 0.2) is 11.5 Å². The molecule has 3 aromatic carbocycles. The predicted molar refractivity (Wildman–Crippen MR) is 132 cm³/mol. The van der Waals surface area contributed by atoms with Crippen LogP contribution in [0.15, 0.2) is 77.3 Å². The lowest BCUT2D eigenvalue weighted by Gasteiger charge is -2.38. The Morgan fingerprint density at radius 1 is 1.09 bits per heavy atom. The van der Waals surface area contributed by atoms with E-state index in [1.165, 1.54) is 0 Å². The monoisotopic (exact) mass is 509 g/mol. The number of carbonyl (C=O) groups is 1. The van der Waals surface area contributed by atoms with Gasteiger partial charge in [0.25, 0.3) is 0 Å². The smallest absolute Gasteiger partial charge is 0.307 e. The molecule has 172 valence electrons. The Hall–Kier alpha value is -2.83. The van der Waals surface area contributed by atoms with Crippen molar-refractivity contribution in [1.29, 1.82) is 0 Å². The second kappa shape index (κ2) is 10.9. The topological polar surface area (TPSA) is 59.0 Å². The van der Waals surface area contributed by atoms with Crippen LogP contribution in [0.1, 0.15) is 35.6 Å². The largest absolute Gasteiger partial charge is 0.493 e. The Labute approximate surface area is 203 Å². The van der Waals surface area contributed by atoms with Crippen LogP contribution in [-0.4, -0.2) is 36.2 Å². The molecule has 0 spiro atoms. The van der Waals surface area contributed by atoms with Crippen LogP contribution < -0.4 is 9.47 Å². The second-order valence-electron chi connectivity index (χ2n) is 8.28. The molecule has 1 heterocycles. The summed E-state index contributed by atoms with van der Waals surface area (Å²) in [5, 5.41) is 9.63. The van der Waals surface area contributed by atoms with Crippen LogP contribution in [0.2, 0.25) is 0 Å². The van der Waals surface area contributed by atoms with Crippen LogP contribution >= 0.6 is 15.9 Å².